The molecule has 0 radical (unpaired) electrons. The standard InChI is InChI=1S/C22H25N3O3/c1-24-11-9-22(10-12-24)25-19(17-7-4-8-20(27-2)21(17)28-22)14-18(23-25)15-5-3-6-16(26)13-15/h3-8,13,19,26H,9-12,14H2,1-2H3/t19-/m0/s1. The second-order valence-corrected chi connectivity index (χ2v) is 7.89. The first-order valence-corrected chi connectivity index (χ1v) is 9.80. The zero-order chi connectivity index (χ0) is 19.3. The number of likely N-dealkylation sites (tertiary alicyclic amines) is 1. The SMILES string of the molecule is COc1cccc2c1OC1(CCN(C)CC1)N1N=C(c3cccc(O)c3)C[C@@H]21. The van der Waals surface area contributed by atoms with E-state index < -0.39 is 5.72 Å². The molecule has 2 aromatic rings. The van der Waals surface area contributed by atoms with Crippen LogP contribution in [-0.4, -0.2) is 53.7 Å². The maximum absolute atomic E-state index is 9.91. The summed E-state index contributed by atoms with van der Waals surface area (Å²) in [7, 11) is 3.84. The van der Waals surface area contributed by atoms with Crippen molar-refractivity contribution in [2.24, 2.45) is 5.10 Å². The largest absolute Gasteiger partial charge is 0.508 e. The zero-order valence-electron chi connectivity index (χ0n) is 16.3. The summed E-state index contributed by atoms with van der Waals surface area (Å²) in [5.41, 5.74) is 2.60. The summed E-state index contributed by atoms with van der Waals surface area (Å²) in [5.74, 6) is 1.89. The van der Waals surface area contributed by atoms with E-state index in [0.717, 1.165) is 60.7 Å². The number of piperidine rings is 1. The second-order valence-electron chi connectivity index (χ2n) is 7.89. The van der Waals surface area contributed by atoms with Crippen LogP contribution in [0.4, 0.5) is 0 Å². The van der Waals surface area contributed by atoms with Crippen molar-refractivity contribution in [3.63, 3.8) is 0 Å². The molecule has 0 amide bonds. The van der Waals surface area contributed by atoms with Gasteiger partial charge in [-0.15, -0.1) is 0 Å². The average molecular weight is 379 g/mol. The molecule has 6 heteroatoms. The van der Waals surface area contributed by atoms with Gasteiger partial charge in [0.05, 0.1) is 18.9 Å². The monoisotopic (exact) mass is 379 g/mol. The van der Waals surface area contributed by atoms with Crippen molar-refractivity contribution in [2.75, 3.05) is 27.2 Å². The number of nitrogens with zero attached hydrogens (tertiary/aromatic N) is 3. The number of ether oxygens (including phenoxy) is 2. The average Bonchev–Trinajstić information content (AvgIpc) is 3.17. The van der Waals surface area contributed by atoms with Gasteiger partial charge in [0.25, 0.3) is 0 Å². The Kier molecular flexibility index (Phi) is 3.98. The van der Waals surface area contributed by atoms with Crippen molar-refractivity contribution < 1.29 is 14.6 Å². The summed E-state index contributed by atoms with van der Waals surface area (Å²) >= 11 is 0. The Morgan fingerprint density at radius 1 is 1.18 bits per heavy atom. The van der Waals surface area contributed by atoms with E-state index in [0.29, 0.717) is 0 Å². The van der Waals surface area contributed by atoms with Gasteiger partial charge >= 0.3 is 0 Å². The number of benzene rings is 2. The Balaban J connectivity index is 1.61. The first kappa shape index (κ1) is 17.4. The van der Waals surface area contributed by atoms with E-state index in [1.165, 1.54) is 0 Å². The van der Waals surface area contributed by atoms with Gasteiger partial charge in [-0.1, -0.05) is 24.3 Å². The summed E-state index contributed by atoms with van der Waals surface area (Å²) in [5, 5.41) is 17.1. The maximum Gasteiger partial charge on any atom is 0.200 e. The lowest BCUT2D eigenvalue weighted by Gasteiger charge is -2.50. The second kappa shape index (κ2) is 6.41. The number of methoxy groups -OCH3 is 1. The lowest BCUT2D eigenvalue weighted by Crippen LogP contribution is -2.58. The molecule has 2 aromatic carbocycles. The third-order valence-electron chi connectivity index (χ3n) is 6.16. The molecule has 1 spiro atoms. The highest BCUT2D eigenvalue weighted by Gasteiger charge is 2.52. The molecule has 0 aliphatic carbocycles. The quantitative estimate of drug-likeness (QED) is 0.867. The third kappa shape index (κ3) is 2.63. The highest BCUT2D eigenvalue weighted by atomic mass is 16.5. The molecule has 0 unspecified atom stereocenters. The van der Waals surface area contributed by atoms with Crippen LogP contribution in [-0.2, 0) is 0 Å². The molecule has 3 aliphatic rings. The van der Waals surface area contributed by atoms with Crippen molar-refractivity contribution in [3.8, 4) is 17.2 Å². The lowest BCUT2D eigenvalue weighted by atomic mass is 9.90. The predicted octanol–water partition coefficient (Wildman–Crippen LogP) is 3.37. The van der Waals surface area contributed by atoms with Crippen molar-refractivity contribution in [3.05, 3.63) is 53.6 Å². The summed E-state index contributed by atoms with van der Waals surface area (Å²) in [4.78, 5) is 2.33. The molecule has 1 atom stereocenters. The minimum absolute atomic E-state index is 0.111. The minimum atomic E-state index is -0.461. The number of hydrogen-bond donors (Lipinski definition) is 1. The molecule has 28 heavy (non-hydrogen) atoms. The van der Waals surface area contributed by atoms with Crippen LogP contribution in [0.3, 0.4) is 0 Å². The fourth-order valence-corrected chi connectivity index (χ4v) is 4.59. The Bertz CT molecular complexity index is 934. The maximum atomic E-state index is 9.91. The summed E-state index contributed by atoms with van der Waals surface area (Å²) in [6.07, 6.45) is 2.55. The zero-order valence-corrected chi connectivity index (χ0v) is 16.3. The Morgan fingerprint density at radius 3 is 2.71 bits per heavy atom. The van der Waals surface area contributed by atoms with Gasteiger partial charge < -0.3 is 19.5 Å². The van der Waals surface area contributed by atoms with Gasteiger partial charge in [0.2, 0.25) is 5.72 Å². The van der Waals surface area contributed by atoms with Gasteiger partial charge in [0.15, 0.2) is 11.5 Å². The van der Waals surface area contributed by atoms with E-state index in [2.05, 4.69) is 23.0 Å². The molecule has 5 rings (SSSR count). The van der Waals surface area contributed by atoms with Gasteiger partial charge in [0.1, 0.15) is 5.75 Å². The topological polar surface area (TPSA) is 57.5 Å². The van der Waals surface area contributed by atoms with Crippen LogP contribution < -0.4 is 9.47 Å². The molecular formula is C22H25N3O3. The van der Waals surface area contributed by atoms with Crippen molar-refractivity contribution in [1.82, 2.24) is 9.91 Å². The van der Waals surface area contributed by atoms with Crippen LogP contribution in [0.25, 0.3) is 0 Å². The molecule has 1 N–H and O–H groups in total. The number of hydrogen-bond acceptors (Lipinski definition) is 6. The van der Waals surface area contributed by atoms with E-state index in [9.17, 15) is 5.11 Å². The first-order chi connectivity index (χ1) is 13.6. The summed E-state index contributed by atoms with van der Waals surface area (Å²) in [6, 6.07) is 13.5. The van der Waals surface area contributed by atoms with E-state index in [1.807, 2.05) is 24.3 Å². The van der Waals surface area contributed by atoms with Crippen LogP contribution in [0.5, 0.6) is 17.2 Å². The van der Waals surface area contributed by atoms with Gasteiger partial charge in [0, 0.05) is 43.5 Å². The molecule has 6 nitrogen and oxygen atoms in total. The molecule has 3 aliphatic heterocycles. The number of phenolic OH excluding ortho intramolecular Hbond substituents is 1. The van der Waals surface area contributed by atoms with Crippen LogP contribution in [0, 0.1) is 0 Å². The van der Waals surface area contributed by atoms with Crippen molar-refractivity contribution in [2.45, 2.75) is 31.0 Å². The van der Waals surface area contributed by atoms with Gasteiger partial charge in [-0.25, -0.2) is 5.01 Å². The fraction of sp³-hybridized carbons (Fsp3) is 0.409. The molecular weight excluding hydrogens is 354 g/mol. The first-order valence-electron chi connectivity index (χ1n) is 9.80. The minimum Gasteiger partial charge on any atom is -0.508 e. The molecule has 0 aromatic heterocycles. The van der Waals surface area contributed by atoms with E-state index in [1.54, 1.807) is 19.2 Å². The molecule has 3 heterocycles. The molecule has 0 bridgehead atoms. The van der Waals surface area contributed by atoms with Gasteiger partial charge in [-0.05, 0) is 25.2 Å². The highest BCUT2D eigenvalue weighted by Crippen LogP contribution is 2.52. The van der Waals surface area contributed by atoms with Gasteiger partial charge in [-0.3, -0.25) is 0 Å². The molecule has 146 valence electrons. The van der Waals surface area contributed by atoms with Crippen LogP contribution >= 0.6 is 0 Å². The van der Waals surface area contributed by atoms with Crippen molar-refractivity contribution in [1.29, 1.82) is 0 Å². The predicted molar refractivity (Wildman–Crippen MR) is 107 cm³/mol. The molecule has 1 fully saturated rings. The van der Waals surface area contributed by atoms with Crippen LogP contribution in [0.15, 0.2) is 47.6 Å². The number of para-hydroxylation sites is 1. The summed E-state index contributed by atoms with van der Waals surface area (Å²) in [6.45, 7) is 1.93. The van der Waals surface area contributed by atoms with E-state index >= 15 is 0 Å². The number of rotatable bonds is 2. The number of fused-ring (bicyclic) bond motifs is 4. The Hall–Kier alpha value is -2.73. The number of phenols is 1. The van der Waals surface area contributed by atoms with Crippen LogP contribution in [0.2, 0.25) is 0 Å². The van der Waals surface area contributed by atoms with Crippen LogP contribution in [0.1, 0.15) is 36.4 Å². The number of hydrazone groups is 1. The summed E-state index contributed by atoms with van der Waals surface area (Å²) < 4.78 is 12.3. The lowest BCUT2D eigenvalue weighted by molar-refractivity contribution is -0.148. The van der Waals surface area contributed by atoms with Gasteiger partial charge in [-0.2, -0.15) is 5.10 Å². The molecule has 1 saturated heterocycles. The van der Waals surface area contributed by atoms with E-state index in [4.69, 9.17) is 14.6 Å². The van der Waals surface area contributed by atoms with Crippen molar-refractivity contribution >= 4 is 5.71 Å². The fourth-order valence-electron chi connectivity index (χ4n) is 4.59. The number of aromatic hydroxyl groups is 1. The Labute approximate surface area is 165 Å². The Morgan fingerprint density at radius 2 is 1.96 bits per heavy atom. The highest BCUT2D eigenvalue weighted by molar-refractivity contribution is 6.02. The normalized spacial score (nSPS) is 23.0. The molecule has 0 saturated carbocycles. The smallest absolute Gasteiger partial charge is 0.200 e. The van der Waals surface area contributed by atoms with E-state index in [-0.39, 0.29) is 11.8 Å². The third-order valence-corrected chi connectivity index (χ3v) is 6.16.